The first kappa shape index (κ1) is 26.9. The van der Waals surface area contributed by atoms with E-state index in [0.29, 0.717) is 21.3 Å². The molecule has 0 unspecified atom stereocenters. The van der Waals surface area contributed by atoms with Gasteiger partial charge in [-0.15, -0.1) is 4.31 Å². The average molecular weight is 515 g/mol. The van der Waals surface area contributed by atoms with Crippen molar-refractivity contribution in [1.29, 1.82) is 0 Å². The normalized spacial score (nSPS) is 11.4. The van der Waals surface area contributed by atoms with E-state index in [-0.39, 0.29) is 40.9 Å². The van der Waals surface area contributed by atoms with Gasteiger partial charge in [0.25, 0.3) is 15.9 Å². The highest BCUT2D eigenvalue weighted by molar-refractivity contribution is 7.93. The molecule has 0 atom stereocenters. The number of rotatable bonds is 9. The molecule has 10 nitrogen and oxygen atoms in total. The average Bonchev–Trinajstić information content (AvgIpc) is 2.83. The van der Waals surface area contributed by atoms with Gasteiger partial charge in [0.2, 0.25) is 5.82 Å². The number of ether oxygens (including phenoxy) is 3. The fraction of sp³-hybridized carbons (Fsp3) is 0.360. The van der Waals surface area contributed by atoms with Gasteiger partial charge < -0.3 is 14.2 Å². The maximum Gasteiger partial charge on any atom is 0.430 e. The second-order valence-electron chi connectivity index (χ2n) is 8.63. The molecule has 0 saturated heterocycles. The Morgan fingerprint density at radius 1 is 1.06 bits per heavy atom. The lowest BCUT2D eigenvalue weighted by atomic mass is 10.1. The first-order valence-corrected chi connectivity index (χ1v) is 12.8. The molecule has 1 amide bonds. The van der Waals surface area contributed by atoms with Crippen molar-refractivity contribution in [1.82, 2.24) is 15.0 Å². The van der Waals surface area contributed by atoms with Crippen LogP contribution in [0.3, 0.4) is 0 Å². The summed E-state index contributed by atoms with van der Waals surface area (Å²) in [5, 5.41) is 0. The van der Waals surface area contributed by atoms with Crippen LogP contribution in [0.25, 0.3) is 11.3 Å². The van der Waals surface area contributed by atoms with Crippen LogP contribution in [0, 0.1) is 12.8 Å². The van der Waals surface area contributed by atoms with Crippen LogP contribution in [-0.4, -0.2) is 49.3 Å². The van der Waals surface area contributed by atoms with E-state index < -0.39 is 16.1 Å². The van der Waals surface area contributed by atoms with E-state index >= 15 is 0 Å². The van der Waals surface area contributed by atoms with Gasteiger partial charge in [-0.25, -0.2) is 23.2 Å². The molecule has 0 radical (unpaired) electrons. The van der Waals surface area contributed by atoms with Crippen molar-refractivity contribution in [3.8, 4) is 22.9 Å². The number of carbonyl (C=O) groups is 1. The molecular weight excluding hydrogens is 484 g/mol. The quantitative estimate of drug-likeness (QED) is 0.402. The van der Waals surface area contributed by atoms with Gasteiger partial charge in [-0.3, -0.25) is 4.98 Å². The zero-order valence-corrected chi connectivity index (χ0v) is 21.9. The van der Waals surface area contributed by atoms with Gasteiger partial charge in [0.15, 0.2) is 0 Å². The lowest BCUT2D eigenvalue weighted by Crippen LogP contribution is -2.39. The molecule has 2 aromatic heterocycles. The van der Waals surface area contributed by atoms with E-state index in [0.717, 1.165) is 0 Å². The minimum atomic E-state index is -4.57. The van der Waals surface area contributed by atoms with Crippen LogP contribution in [0.15, 0.2) is 53.7 Å². The van der Waals surface area contributed by atoms with Gasteiger partial charge in [0.1, 0.15) is 10.6 Å². The SMILES string of the molecule is COc1nc(C)cnc1N(C(=O)OCC(C)C)S(=O)(=O)c1cccnc1-c1ccc(OC(C)C)cc1. The number of sulfonamides is 1. The third kappa shape index (κ3) is 6.09. The predicted octanol–water partition coefficient (Wildman–Crippen LogP) is 4.63. The highest BCUT2D eigenvalue weighted by Crippen LogP contribution is 2.34. The number of aryl methyl sites for hydroxylation is 1. The summed E-state index contributed by atoms with van der Waals surface area (Å²) in [5.41, 5.74) is 1.14. The fourth-order valence-electron chi connectivity index (χ4n) is 3.20. The van der Waals surface area contributed by atoms with Crippen molar-refractivity contribution in [3.63, 3.8) is 0 Å². The van der Waals surface area contributed by atoms with Crippen LogP contribution < -0.4 is 13.8 Å². The number of aromatic nitrogens is 3. The second kappa shape index (κ2) is 11.3. The molecule has 3 rings (SSSR count). The largest absolute Gasteiger partial charge is 0.491 e. The predicted molar refractivity (Wildman–Crippen MR) is 135 cm³/mol. The first-order chi connectivity index (χ1) is 17.0. The molecule has 0 spiro atoms. The van der Waals surface area contributed by atoms with E-state index in [2.05, 4.69) is 15.0 Å². The summed E-state index contributed by atoms with van der Waals surface area (Å²) >= 11 is 0. The number of anilines is 1. The van der Waals surface area contributed by atoms with E-state index in [1.165, 1.54) is 31.6 Å². The number of hydrogen-bond acceptors (Lipinski definition) is 9. The highest BCUT2D eigenvalue weighted by Gasteiger charge is 2.38. The second-order valence-corrected chi connectivity index (χ2v) is 10.4. The molecule has 0 aliphatic heterocycles. The molecule has 1 aromatic carbocycles. The number of pyridine rings is 1. The third-order valence-corrected chi connectivity index (χ3v) is 6.41. The standard InChI is InChI=1S/C25H30N4O6S/c1-16(2)15-34-25(30)29(23-24(33-6)28-18(5)14-27-23)36(31,32)21-8-7-13-26-22(21)19-9-11-20(12-10-19)35-17(3)4/h7-14,16-17H,15H2,1-6H3. The van der Waals surface area contributed by atoms with Crippen LogP contribution in [0.1, 0.15) is 33.4 Å². The molecule has 192 valence electrons. The smallest absolute Gasteiger partial charge is 0.430 e. The number of nitrogens with zero attached hydrogens (tertiary/aromatic N) is 4. The Morgan fingerprint density at radius 3 is 2.36 bits per heavy atom. The van der Waals surface area contributed by atoms with Crippen LogP contribution in [0.5, 0.6) is 11.6 Å². The summed E-state index contributed by atoms with van der Waals surface area (Å²) < 4.78 is 44.7. The molecule has 0 N–H and O–H groups in total. The molecule has 0 aliphatic carbocycles. The van der Waals surface area contributed by atoms with E-state index in [1.807, 2.05) is 27.7 Å². The molecule has 2 heterocycles. The summed E-state index contributed by atoms with van der Waals surface area (Å²) in [6.07, 6.45) is 1.67. The van der Waals surface area contributed by atoms with Crippen LogP contribution in [-0.2, 0) is 14.8 Å². The molecule has 0 aliphatic rings. The maximum atomic E-state index is 14.0. The Morgan fingerprint density at radius 2 is 1.75 bits per heavy atom. The molecule has 0 fully saturated rings. The van der Waals surface area contributed by atoms with Gasteiger partial charge in [-0.05, 0) is 63.1 Å². The lowest BCUT2D eigenvalue weighted by Gasteiger charge is -2.23. The lowest BCUT2D eigenvalue weighted by molar-refractivity contribution is 0.143. The molecule has 0 saturated carbocycles. The van der Waals surface area contributed by atoms with Crippen molar-refractivity contribution < 1.29 is 27.4 Å². The summed E-state index contributed by atoms with van der Waals surface area (Å²) in [4.78, 5) is 25.6. The number of hydrogen-bond donors (Lipinski definition) is 0. The van der Waals surface area contributed by atoms with E-state index in [9.17, 15) is 13.2 Å². The number of methoxy groups -OCH3 is 1. The van der Waals surface area contributed by atoms with Crippen molar-refractivity contribution >= 4 is 21.9 Å². The Hall–Kier alpha value is -3.73. The van der Waals surface area contributed by atoms with E-state index in [1.54, 1.807) is 31.2 Å². The topological polar surface area (TPSA) is 121 Å². The Bertz CT molecular complexity index is 1310. The van der Waals surface area contributed by atoms with Gasteiger partial charge in [-0.1, -0.05) is 13.8 Å². The van der Waals surface area contributed by atoms with Gasteiger partial charge in [-0.2, -0.15) is 0 Å². The third-order valence-electron chi connectivity index (χ3n) is 4.72. The highest BCUT2D eigenvalue weighted by atomic mass is 32.2. The number of benzene rings is 1. The molecular formula is C25H30N4O6S. The Labute approximate surface area is 211 Å². The Balaban J connectivity index is 2.15. The van der Waals surface area contributed by atoms with Crippen LogP contribution in [0.2, 0.25) is 0 Å². The van der Waals surface area contributed by atoms with E-state index in [4.69, 9.17) is 14.2 Å². The van der Waals surface area contributed by atoms with Gasteiger partial charge in [0.05, 0.1) is 37.4 Å². The fourth-order valence-corrected chi connectivity index (χ4v) is 4.66. The van der Waals surface area contributed by atoms with Crippen LogP contribution in [0.4, 0.5) is 10.6 Å². The number of carbonyl (C=O) groups excluding carboxylic acids is 1. The Kier molecular flexibility index (Phi) is 8.46. The summed E-state index contributed by atoms with van der Waals surface area (Å²) in [6, 6.07) is 9.70. The minimum Gasteiger partial charge on any atom is -0.491 e. The monoisotopic (exact) mass is 514 g/mol. The molecule has 0 bridgehead atoms. The molecule has 36 heavy (non-hydrogen) atoms. The zero-order valence-electron chi connectivity index (χ0n) is 21.1. The first-order valence-electron chi connectivity index (χ1n) is 11.4. The summed E-state index contributed by atoms with van der Waals surface area (Å²) in [6.45, 7) is 9.17. The van der Waals surface area contributed by atoms with Crippen molar-refractivity contribution in [2.24, 2.45) is 5.92 Å². The van der Waals surface area contributed by atoms with Crippen molar-refractivity contribution in [2.45, 2.75) is 45.6 Å². The maximum absolute atomic E-state index is 14.0. The molecule has 11 heteroatoms. The van der Waals surface area contributed by atoms with Crippen molar-refractivity contribution in [2.75, 3.05) is 18.0 Å². The minimum absolute atomic E-state index is 0.00364. The van der Waals surface area contributed by atoms with Crippen LogP contribution >= 0.6 is 0 Å². The van der Waals surface area contributed by atoms with Gasteiger partial charge in [0, 0.05) is 11.8 Å². The van der Waals surface area contributed by atoms with Gasteiger partial charge >= 0.3 is 6.09 Å². The van der Waals surface area contributed by atoms with Crippen molar-refractivity contribution in [3.05, 3.63) is 54.5 Å². The molecule has 3 aromatic rings. The number of amides is 1. The zero-order chi connectivity index (χ0) is 26.5. The summed E-state index contributed by atoms with van der Waals surface area (Å²) in [5.74, 6) is 0.158. The summed E-state index contributed by atoms with van der Waals surface area (Å²) in [7, 11) is -3.26.